The Balaban J connectivity index is 1.92. The summed E-state index contributed by atoms with van der Waals surface area (Å²) in [6.07, 6.45) is 5.20. The standard InChI is InChI=1S/C15H24N2O2/c1-2-13-4-5-14(16-10-13)11-17-8-3-6-15(19,12-18)7-9-17/h4-5,10,18-19H,2-3,6-9,11-12H2,1H3/t15-/m0/s1. The minimum absolute atomic E-state index is 0.135. The second kappa shape index (κ2) is 6.46. The summed E-state index contributed by atoms with van der Waals surface area (Å²) in [6, 6.07) is 4.21. The first-order valence-electron chi connectivity index (χ1n) is 7.14. The molecule has 1 fully saturated rings. The SMILES string of the molecule is CCc1ccc(CN2CCC[C@@](O)(CO)CC2)nc1. The van der Waals surface area contributed by atoms with Gasteiger partial charge in [-0.2, -0.15) is 0 Å². The van der Waals surface area contributed by atoms with Crippen LogP contribution in [0.2, 0.25) is 0 Å². The van der Waals surface area contributed by atoms with Crippen LogP contribution in [0.3, 0.4) is 0 Å². The molecule has 2 heterocycles. The van der Waals surface area contributed by atoms with Crippen LogP contribution in [-0.2, 0) is 13.0 Å². The fraction of sp³-hybridized carbons (Fsp3) is 0.667. The van der Waals surface area contributed by atoms with Gasteiger partial charge in [-0.05, 0) is 43.9 Å². The number of pyridine rings is 1. The number of aliphatic hydroxyl groups excluding tert-OH is 1. The van der Waals surface area contributed by atoms with Gasteiger partial charge in [0.1, 0.15) is 0 Å². The van der Waals surface area contributed by atoms with Crippen molar-refractivity contribution in [3.63, 3.8) is 0 Å². The summed E-state index contributed by atoms with van der Waals surface area (Å²) >= 11 is 0. The smallest absolute Gasteiger partial charge is 0.0890 e. The van der Waals surface area contributed by atoms with Crippen LogP contribution in [0.4, 0.5) is 0 Å². The van der Waals surface area contributed by atoms with E-state index >= 15 is 0 Å². The van der Waals surface area contributed by atoms with Crippen molar-refractivity contribution < 1.29 is 10.2 Å². The van der Waals surface area contributed by atoms with E-state index in [2.05, 4.69) is 28.9 Å². The van der Waals surface area contributed by atoms with Gasteiger partial charge < -0.3 is 10.2 Å². The average molecular weight is 264 g/mol. The quantitative estimate of drug-likeness (QED) is 0.862. The molecular weight excluding hydrogens is 240 g/mol. The molecule has 1 aromatic heterocycles. The molecule has 19 heavy (non-hydrogen) atoms. The predicted octanol–water partition coefficient (Wildman–Crippen LogP) is 1.35. The largest absolute Gasteiger partial charge is 0.393 e. The molecule has 0 radical (unpaired) electrons. The highest BCUT2D eigenvalue weighted by atomic mass is 16.3. The molecule has 0 aromatic carbocycles. The third-order valence-electron chi connectivity index (χ3n) is 3.98. The molecule has 0 spiro atoms. The van der Waals surface area contributed by atoms with Gasteiger partial charge in [0, 0.05) is 19.3 Å². The first-order valence-corrected chi connectivity index (χ1v) is 7.14. The monoisotopic (exact) mass is 264 g/mol. The Kier molecular flexibility index (Phi) is 4.91. The molecule has 0 bridgehead atoms. The number of rotatable bonds is 4. The molecule has 1 aromatic rings. The summed E-state index contributed by atoms with van der Waals surface area (Å²) < 4.78 is 0. The van der Waals surface area contributed by atoms with E-state index in [0.29, 0.717) is 12.8 Å². The van der Waals surface area contributed by atoms with E-state index in [1.54, 1.807) is 0 Å². The van der Waals surface area contributed by atoms with Gasteiger partial charge in [-0.3, -0.25) is 9.88 Å². The van der Waals surface area contributed by atoms with Crippen molar-refractivity contribution in [3.05, 3.63) is 29.6 Å². The lowest BCUT2D eigenvalue weighted by atomic mass is 9.96. The van der Waals surface area contributed by atoms with Gasteiger partial charge in [-0.1, -0.05) is 13.0 Å². The van der Waals surface area contributed by atoms with Gasteiger partial charge in [0.2, 0.25) is 0 Å². The number of aromatic nitrogens is 1. The molecular formula is C15H24N2O2. The second-order valence-electron chi connectivity index (χ2n) is 5.52. The van der Waals surface area contributed by atoms with E-state index in [9.17, 15) is 10.2 Å². The van der Waals surface area contributed by atoms with E-state index in [1.165, 1.54) is 5.56 Å². The highest BCUT2D eigenvalue weighted by Crippen LogP contribution is 2.22. The van der Waals surface area contributed by atoms with E-state index in [-0.39, 0.29) is 6.61 Å². The number of aryl methyl sites for hydroxylation is 1. The topological polar surface area (TPSA) is 56.6 Å². The Morgan fingerprint density at radius 1 is 1.32 bits per heavy atom. The molecule has 1 aliphatic heterocycles. The Morgan fingerprint density at radius 3 is 2.79 bits per heavy atom. The lowest BCUT2D eigenvalue weighted by Crippen LogP contribution is -2.34. The first kappa shape index (κ1) is 14.4. The van der Waals surface area contributed by atoms with E-state index in [4.69, 9.17) is 0 Å². The molecule has 106 valence electrons. The molecule has 1 atom stereocenters. The predicted molar refractivity (Wildman–Crippen MR) is 74.8 cm³/mol. The van der Waals surface area contributed by atoms with Crippen LogP contribution in [0.25, 0.3) is 0 Å². The van der Waals surface area contributed by atoms with E-state index in [1.807, 2.05) is 6.20 Å². The summed E-state index contributed by atoms with van der Waals surface area (Å²) in [5, 5.41) is 19.3. The molecule has 1 aliphatic rings. The van der Waals surface area contributed by atoms with Crippen LogP contribution >= 0.6 is 0 Å². The van der Waals surface area contributed by atoms with Crippen LogP contribution in [0.1, 0.15) is 37.4 Å². The van der Waals surface area contributed by atoms with Gasteiger partial charge in [0.25, 0.3) is 0 Å². The number of hydrogen-bond donors (Lipinski definition) is 2. The Labute approximate surface area is 115 Å². The minimum atomic E-state index is -0.881. The fourth-order valence-electron chi connectivity index (χ4n) is 2.54. The zero-order chi connectivity index (χ0) is 13.7. The molecule has 0 amide bonds. The molecule has 4 nitrogen and oxygen atoms in total. The second-order valence-corrected chi connectivity index (χ2v) is 5.52. The van der Waals surface area contributed by atoms with Crippen LogP contribution in [0.15, 0.2) is 18.3 Å². The van der Waals surface area contributed by atoms with Gasteiger partial charge >= 0.3 is 0 Å². The average Bonchev–Trinajstić information content (AvgIpc) is 2.63. The number of likely N-dealkylation sites (tertiary alicyclic amines) is 1. The lowest BCUT2D eigenvalue weighted by molar-refractivity contribution is -0.0255. The van der Waals surface area contributed by atoms with Crippen molar-refractivity contribution in [3.8, 4) is 0 Å². The van der Waals surface area contributed by atoms with Crippen LogP contribution < -0.4 is 0 Å². The highest BCUT2D eigenvalue weighted by molar-refractivity contribution is 5.13. The Morgan fingerprint density at radius 2 is 2.16 bits per heavy atom. The minimum Gasteiger partial charge on any atom is -0.393 e. The number of nitrogens with zero attached hydrogens (tertiary/aromatic N) is 2. The molecule has 0 aliphatic carbocycles. The van der Waals surface area contributed by atoms with Crippen LogP contribution in [0.5, 0.6) is 0 Å². The third-order valence-corrected chi connectivity index (χ3v) is 3.98. The van der Waals surface area contributed by atoms with Gasteiger partial charge in [0.15, 0.2) is 0 Å². The van der Waals surface area contributed by atoms with Crippen LogP contribution in [-0.4, -0.2) is 45.4 Å². The molecule has 0 unspecified atom stereocenters. The number of aliphatic hydroxyl groups is 2. The maximum Gasteiger partial charge on any atom is 0.0890 e. The zero-order valence-corrected chi connectivity index (χ0v) is 11.7. The molecule has 2 rings (SSSR count). The zero-order valence-electron chi connectivity index (χ0n) is 11.7. The highest BCUT2D eigenvalue weighted by Gasteiger charge is 2.29. The van der Waals surface area contributed by atoms with E-state index in [0.717, 1.165) is 38.2 Å². The van der Waals surface area contributed by atoms with Crippen molar-refractivity contribution in [2.75, 3.05) is 19.7 Å². The van der Waals surface area contributed by atoms with Crippen molar-refractivity contribution in [1.82, 2.24) is 9.88 Å². The normalized spacial score (nSPS) is 25.2. The van der Waals surface area contributed by atoms with Crippen LogP contribution in [0, 0.1) is 0 Å². The fourth-order valence-corrected chi connectivity index (χ4v) is 2.54. The molecule has 2 N–H and O–H groups in total. The van der Waals surface area contributed by atoms with E-state index < -0.39 is 5.60 Å². The lowest BCUT2D eigenvalue weighted by Gasteiger charge is -2.24. The Hall–Kier alpha value is -0.970. The van der Waals surface area contributed by atoms with Crippen molar-refractivity contribution >= 4 is 0 Å². The Bertz CT molecular complexity index is 394. The molecule has 0 saturated carbocycles. The summed E-state index contributed by atoms with van der Waals surface area (Å²) in [4.78, 5) is 6.78. The van der Waals surface area contributed by atoms with Crippen molar-refractivity contribution in [2.45, 2.75) is 44.8 Å². The van der Waals surface area contributed by atoms with Crippen molar-refractivity contribution in [1.29, 1.82) is 0 Å². The summed E-state index contributed by atoms with van der Waals surface area (Å²) in [5.41, 5.74) is 1.45. The maximum absolute atomic E-state index is 10.1. The maximum atomic E-state index is 10.1. The molecule has 4 heteroatoms. The van der Waals surface area contributed by atoms with Gasteiger partial charge in [-0.25, -0.2) is 0 Å². The van der Waals surface area contributed by atoms with Gasteiger partial charge in [-0.15, -0.1) is 0 Å². The summed E-state index contributed by atoms with van der Waals surface area (Å²) in [7, 11) is 0. The summed E-state index contributed by atoms with van der Waals surface area (Å²) in [6.45, 7) is 4.59. The summed E-state index contributed by atoms with van der Waals surface area (Å²) in [5.74, 6) is 0. The third kappa shape index (κ3) is 4.00. The molecule has 1 saturated heterocycles. The van der Waals surface area contributed by atoms with Gasteiger partial charge in [0.05, 0.1) is 17.9 Å². The first-order chi connectivity index (χ1) is 9.15. The van der Waals surface area contributed by atoms with Crippen molar-refractivity contribution in [2.24, 2.45) is 0 Å². The number of hydrogen-bond acceptors (Lipinski definition) is 4.